The number of nitrogens with two attached hydrogens (primary N) is 2. The summed E-state index contributed by atoms with van der Waals surface area (Å²) in [7, 11) is 0. The van der Waals surface area contributed by atoms with E-state index in [1.165, 1.54) is 6.07 Å². The average Bonchev–Trinajstić information content (AvgIpc) is 2.01. The van der Waals surface area contributed by atoms with Gasteiger partial charge in [0.2, 0.25) is 5.91 Å². The number of aromatic nitrogens is 2. The summed E-state index contributed by atoms with van der Waals surface area (Å²) in [6.45, 7) is 1.62. The first kappa shape index (κ1) is 10.6. The molecule has 0 aliphatic rings. The summed E-state index contributed by atoms with van der Waals surface area (Å²) in [5.74, 6) is -0.354. The molecule has 0 spiro atoms. The van der Waals surface area contributed by atoms with Gasteiger partial charge in [0.25, 0.3) is 5.56 Å². The van der Waals surface area contributed by atoms with Crippen LogP contribution in [0.2, 0.25) is 0 Å². The van der Waals surface area contributed by atoms with Gasteiger partial charge >= 0.3 is 0 Å². The van der Waals surface area contributed by atoms with E-state index in [4.69, 9.17) is 11.5 Å². The number of hydrogen-bond acceptors (Lipinski definition) is 5. The number of aromatic amines is 1. The summed E-state index contributed by atoms with van der Waals surface area (Å²) in [5.41, 5.74) is 10.0. The van der Waals surface area contributed by atoms with E-state index in [1.54, 1.807) is 6.92 Å². The monoisotopic (exact) mass is 214 g/mol. The minimum Gasteiger partial charge on any atom is -0.383 e. The lowest BCUT2D eigenvalue weighted by Crippen LogP contribution is -2.23. The summed E-state index contributed by atoms with van der Waals surface area (Å²) in [6, 6.07) is 1.17. The maximum atomic E-state index is 11.0. The molecule has 0 radical (unpaired) electrons. The zero-order valence-electron chi connectivity index (χ0n) is 7.48. The van der Waals surface area contributed by atoms with Gasteiger partial charge in [-0.25, -0.2) is 4.98 Å². The third-order valence-electron chi connectivity index (χ3n) is 1.43. The van der Waals surface area contributed by atoms with Gasteiger partial charge in [-0.1, -0.05) is 11.8 Å². The Morgan fingerprint density at radius 3 is 2.86 bits per heavy atom. The van der Waals surface area contributed by atoms with Crippen LogP contribution in [0.3, 0.4) is 0 Å². The van der Waals surface area contributed by atoms with Gasteiger partial charge in [-0.15, -0.1) is 0 Å². The zero-order valence-corrected chi connectivity index (χ0v) is 8.30. The zero-order chi connectivity index (χ0) is 10.7. The molecule has 1 aromatic heterocycles. The molecule has 6 nitrogen and oxygen atoms in total. The Morgan fingerprint density at radius 2 is 2.36 bits per heavy atom. The van der Waals surface area contributed by atoms with E-state index in [2.05, 4.69) is 9.97 Å². The molecule has 1 heterocycles. The first-order chi connectivity index (χ1) is 6.49. The van der Waals surface area contributed by atoms with E-state index in [9.17, 15) is 9.59 Å². The van der Waals surface area contributed by atoms with Crippen molar-refractivity contribution in [3.05, 3.63) is 16.4 Å². The molecule has 1 amide bonds. The molecule has 0 fully saturated rings. The number of H-pyrrole nitrogens is 1. The molecule has 1 aromatic rings. The Hall–Kier alpha value is -1.50. The SMILES string of the molecule is CC(Sc1nc(N)cc(=O)[nH]1)C(N)=O. The van der Waals surface area contributed by atoms with Crippen LogP contribution < -0.4 is 17.0 Å². The highest BCUT2D eigenvalue weighted by Gasteiger charge is 2.12. The minimum atomic E-state index is -0.472. The maximum Gasteiger partial charge on any atom is 0.253 e. The number of thioether (sulfide) groups is 1. The summed E-state index contributed by atoms with van der Waals surface area (Å²) >= 11 is 1.06. The van der Waals surface area contributed by atoms with Gasteiger partial charge in [0.1, 0.15) is 5.82 Å². The number of rotatable bonds is 3. The Bertz CT molecular complexity index is 403. The predicted octanol–water partition coefficient (Wildman–Crippen LogP) is -0.682. The van der Waals surface area contributed by atoms with E-state index in [0.29, 0.717) is 5.16 Å². The van der Waals surface area contributed by atoms with Crippen LogP contribution in [0.25, 0.3) is 0 Å². The molecule has 0 saturated carbocycles. The fraction of sp³-hybridized carbons (Fsp3) is 0.286. The number of anilines is 1. The minimum absolute atomic E-state index is 0.118. The van der Waals surface area contributed by atoms with Gasteiger partial charge in [0.05, 0.1) is 5.25 Å². The molecule has 1 atom stereocenters. The Morgan fingerprint density at radius 1 is 1.71 bits per heavy atom. The fourth-order valence-electron chi connectivity index (χ4n) is 0.735. The quantitative estimate of drug-likeness (QED) is 0.455. The number of hydrogen-bond donors (Lipinski definition) is 3. The number of primary amides is 1. The van der Waals surface area contributed by atoms with Crippen molar-refractivity contribution < 1.29 is 4.79 Å². The molecule has 0 saturated heterocycles. The van der Waals surface area contributed by atoms with Crippen molar-refractivity contribution in [3.8, 4) is 0 Å². The summed E-state index contributed by atoms with van der Waals surface area (Å²) < 4.78 is 0. The second kappa shape index (κ2) is 4.14. The lowest BCUT2D eigenvalue weighted by Gasteiger charge is -2.05. The largest absolute Gasteiger partial charge is 0.383 e. The summed E-state index contributed by atoms with van der Waals surface area (Å²) in [6.07, 6.45) is 0. The highest BCUT2D eigenvalue weighted by Crippen LogP contribution is 2.17. The summed E-state index contributed by atoms with van der Waals surface area (Å²) in [4.78, 5) is 28.0. The van der Waals surface area contributed by atoms with Crippen LogP contribution in [0.4, 0.5) is 5.82 Å². The molecule has 1 unspecified atom stereocenters. The van der Waals surface area contributed by atoms with E-state index in [0.717, 1.165) is 11.8 Å². The van der Waals surface area contributed by atoms with Crippen LogP contribution in [0.1, 0.15) is 6.92 Å². The molecule has 5 N–H and O–H groups in total. The van der Waals surface area contributed by atoms with E-state index < -0.39 is 11.2 Å². The summed E-state index contributed by atoms with van der Waals surface area (Å²) in [5, 5.41) is -0.166. The first-order valence-corrected chi connectivity index (χ1v) is 4.70. The number of nitrogen functional groups attached to an aromatic ring is 1. The lowest BCUT2D eigenvalue weighted by atomic mass is 10.5. The third kappa shape index (κ3) is 2.77. The van der Waals surface area contributed by atoms with E-state index >= 15 is 0 Å². The van der Waals surface area contributed by atoms with Gasteiger partial charge in [0, 0.05) is 6.07 Å². The molecular weight excluding hydrogens is 204 g/mol. The van der Waals surface area contributed by atoms with Crippen molar-refractivity contribution in [1.29, 1.82) is 0 Å². The average molecular weight is 214 g/mol. The Balaban J connectivity index is 2.87. The van der Waals surface area contributed by atoms with E-state index in [1.807, 2.05) is 0 Å². The Kier molecular flexibility index (Phi) is 3.13. The maximum absolute atomic E-state index is 11.0. The van der Waals surface area contributed by atoms with Crippen LogP contribution in [0, 0.1) is 0 Å². The third-order valence-corrected chi connectivity index (χ3v) is 2.43. The number of nitrogens with zero attached hydrogens (tertiary/aromatic N) is 1. The smallest absolute Gasteiger partial charge is 0.253 e. The fourth-order valence-corrected chi connectivity index (χ4v) is 1.50. The molecule has 0 aliphatic heterocycles. The van der Waals surface area contributed by atoms with Gasteiger partial charge in [-0.3, -0.25) is 9.59 Å². The predicted molar refractivity (Wildman–Crippen MR) is 53.8 cm³/mol. The molecule has 0 bridgehead atoms. The van der Waals surface area contributed by atoms with Gasteiger partial charge in [-0.2, -0.15) is 0 Å². The van der Waals surface area contributed by atoms with Gasteiger partial charge in [0.15, 0.2) is 5.16 Å². The van der Waals surface area contributed by atoms with Gasteiger partial charge in [-0.05, 0) is 6.92 Å². The highest BCUT2D eigenvalue weighted by atomic mass is 32.2. The molecule has 0 aliphatic carbocycles. The molecular formula is C7H10N4O2S. The standard InChI is InChI=1S/C7H10N4O2S/c1-3(6(9)13)14-7-10-4(8)2-5(12)11-7/h2-3H,1H3,(H2,9,13)(H3,8,10,11,12). The van der Waals surface area contributed by atoms with Crippen molar-refractivity contribution in [3.63, 3.8) is 0 Å². The topological polar surface area (TPSA) is 115 Å². The van der Waals surface area contributed by atoms with Crippen LogP contribution in [0.15, 0.2) is 16.0 Å². The molecule has 14 heavy (non-hydrogen) atoms. The van der Waals surface area contributed by atoms with Crippen molar-refractivity contribution in [2.45, 2.75) is 17.3 Å². The van der Waals surface area contributed by atoms with Crippen molar-refractivity contribution in [2.24, 2.45) is 5.73 Å². The lowest BCUT2D eigenvalue weighted by molar-refractivity contribution is -0.117. The highest BCUT2D eigenvalue weighted by molar-refractivity contribution is 8.00. The molecule has 0 aromatic carbocycles. The van der Waals surface area contributed by atoms with Crippen LogP contribution in [0.5, 0.6) is 0 Å². The second-order valence-corrected chi connectivity index (χ2v) is 3.97. The van der Waals surface area contributed by atoms with Crippen molar-refractivity contribution in [2.75, 3.05) is 5.73 Å². The number of nitrogens with one attached hydrogen (secondary N) is 1. The number of carbonyl (C=O) groups is 1. The number of amides is 1. The van der Waals surface area contributed by atoms with Crippen molar-refractivity contribution in [1.82, 2.24) is 9.97 Å². The first-order valence-electron chi connectivity index (χ1n) is 3.82. The normalized spacial score (nSPS) is 12.4. The van der Waals surface area contributed by atoms with E-state index in [-0.39, 0.29) is 11.4 Å². The Labute approximate surface area is 84.1 Å². The van der Waals surface area contributed by atoms with Crippen LogP contribution >= 0.6 is 11.8 Å². The van der Waals surface area contributed by atoms with Crippen LogP contribution in [-0.4, -0.2) is 21.1 Å². The number of carbonyl (C=O) groups excluding carboxylic acids is 1. The molecule has 76 valence electrons. The molecule has 7 heteroatoms. The van der Waals surface area contributed by atoms with Crippen molar-refractivity contribution >= 4 is 23.5 Å². The van der Waals surface area contributed by atoms with Crippen LogP contribution in [-0.2, 0) is 4.79 Å². The second-order valence-electron chi connectivity index (χ2n) is 2.64. The molecule has 1 rings (SSSR count). The van der Waals surface area contributed by atoms with Gasteiger partial charge < -0.3 is 16.5 Å².